The van der Waals surface area contributed by atoms with Gasteiger partial charge in [-0.25, -0.2) is 0 Å². The van der Waals surface area contributed by atoms with E-state index in [0.717, 1.165) is 5.69 Å². The van der Waals surface area contributed by atoms with E-state index in [1.807, 2.05) is 0 Å². The fourth-order valence-electron chi connectivity index (χ4n) is 1.92. The molecule has 1 heterocycles. The summed E-state index contributed by atoms with van der Waals surface area (Å²) in [5.74, 6) is 0. The van der Waals surface area contributed by atoms with Crippen molar-refractivity contribution in [2.75, 3.05) is 0 Å². The maximum absolute atomic E-state index is 5.55. The number of aromatic nitrogens is 2. The van der Waals surface area contributed by atoms with E-state index in [1.165, 1.54) is 29.4 Å². The van der Waals surface area contributed by atoms with Gasteiger partial charge < -0.3 is 5.73 Å². The summed E-state index contributed by atoms with van der Waals surface area (Å²) in [5, 5.41) is 4.49. The predicted molar refractivity (Wildman–Crippen MR) is 60.3 cm³/mol. The minimum Gasteiger partial charge on any atom is -0.325 e. The molecule has 1 aliphatic carbocycles. The Hall–Kier alpha value is -0.100. The van der Waals surface area contributed by atoms with Gasteiger partial charge in [0, 0.05) is 6.54 Å². The summed E-state index contributed by atoms with van der Waals surface area (Å²) in [6.45, 7) is 0.551. The molecule has 72 valence electrons. The van der Waals surface area contributed by atoms with E-state index in [4.69, 9.17) is 5.73 Å². The Morgan fingerprint density at radius 1 is 1.54 bits per heavy atom. The van der Waals surface area contributed by atoms with E-state index in [-0.39, 0.29) is 0 Å². The number of halogens is 1. The summed E-state index contributed by atoms with van der Waals surface area (Å²) in [4.78, 5) is 0. The maximum atomic E-state index is 5.55. The first kappa shape index (κ1) is 9.45. The second-order valence-corrected chi connectivity index (χ2v) is 4.65. The van der Waals surface area contributed by atoms with Gasteiger partial charge in [0.1, 0.15) is 0 Å². The van der Waals surface area contributed by atoms with Crippen molar-refractivity contribution in [1.29, 1.82) is 0 Å². The molecule has 0 aromatic carbocycles. The van der Waals surface area contributed by atoms with Crippen molar-refractivity contribution in [3.8, 4) is 0 Å². The molecule has 1 aromatic heterocycles. The molecule has 0 bridgehead atoms. The number of hydrogen-bond acceptors (Lipinski definition) is 2. The van der Waals surface area contributed by atoms with Crippen molar-refractivity contribution >= 4 is 22.6 Å². The first-order chi connectivity index (χ1) is 6.31. The number of nitrogens with zero attached hydrogens (tertiary/aromatic N) is 2. The van der Waals surface area contributed by atoms with Gasteiger partial charge in [-0.15, -0.1) is 0 Å². The average Bonchev–Trinajstić information content (AvgIpc) is 2.72. The van der Waals surface area contributed by atoms with Crippen LogP contribution in [0.2, 0.25) is 0 Å². The summed E-state index contributed by atoms with van der Waals surface area (Å²) in [5.41, 5.74) is 6.56. The lowest BCUT2D eigenvalue weighted by Gasteiger charge is -2.10. The molecule has 13 heavy (non-hydrogen) atoms. The van der Waals surface area contributed by atoms with E-state index in [1.54, 1.807) is 0 Å². The second-order valence-electron chi connectivity index (χ2n) is 3.55. The number of hydrogen-bond donors (Lipinski definition) is 1. The van der Waals surface area contributed by atoms with Gasteiger partial charge >= 0.3 is 0 Å². The lowest BCUT2D eigenvalue weighted by molar-refractivity contribution is 0.454. The quantitative estimate of drug-likeness (QED) is 0.848. The van der Waals surface area contributed by atoms with Crippen LogP contribution in [0.3, 0.4) is 0 Å². The molecule has 0 spiro atoms. The Bertz CT molecular complexity index is 289. The van der Waals surface area contributed by atoms with Crippen LogP contribution in [0.4, 0.5) is 0 Å². The second kappa shape index (κ2) is 3.96. The molecular formula is C9H14IN3. The molecule has 0 atom stereocenters. The van der Waals surface area contributed by atoms with Crippen LogP contribution in [0.1, 0.15) is 37.4 Å². The van der Waals surface area contributed by atoms with Crippen LogP contribution in [0, 0.1) is 3.70 Å². The topological polar surface area (TPSA) is 43.8 Å². The molecule has 0 aliphatic heterocycles. The van der Waals surface area contributed by atoms with E-state index in [0.29, 0.717) is 12.6 Å². The molecule has 4 heteroatoms. The van der Waals surface area contributed by atoms with E-state index in [2.05, 4.69) is 38.4 Å². The largest absolute Gasteiger partial charge is 0.325 e. The van der Waals surface area contributed by atoms with Gasteiger partial charge in [0.25, 0.3) is 0 Å². The summed E-state index contributed by atoms with van der Waals surface area (Å²) in [6.07, 6.45) is 5.25. The molecular weight excluding hydrogens is 277 g/mol. The Labute approximate surface area is 91.8 Å². The van der Waals surface area contributed by atoms with Crippen LogP contribution < -0.4 is 5.73 Å². The van der Waals surface area contributed by atoms with E-state index < -0.39 is 0 Å². The molecule has 1 aliphatic rings. The van der Waals surface area contributed by atoms with Crippen molar-refractivity contribution in [3.63, 3.8) is 0 Å². The zero-order valence-corrected chi connectivity index (χ0v) is 9.70. The molecule has 1 aromatic rings. The van der Waals surface area contributed by atoms with Gasteiger partial charge in [-0.1, -0.05) is 12.8 Å². The average molecular weight is 291 g/mol. The molecule has 0 unspecified atom stereocenters. The number of nitrogens with two attached hydrogens (primary N) is 1. The molecule has 0 saturated heterocycles. The molecule has 0 radical (unpaired) electrons. The van der Waals surface area contributed by atoms with Crippen LogP contribution in [-0.2, 0) is 6.54 Å². The minimum atomic E-state index is 0.551. The van der Waals surface area contributed by atoms with Crippen LogP contribution in [0.25, 0.3) is 0 Å². The fraction of sp³-hybridized carbons (Fsp3) is 0.667. The summed E-state index contributed by atoms with van der Waals surface area (Å²) in [7, 11) is 0. The Balaban J connectivity index is 2.22. The summed E-state index contributed by atoms with van der Waals surface area (Å²) in [6, 6.07) is 2.71. The smallest absolute Gasteiger partial charge is 0.0996 e. The summed E-state index contributed by atoms with van der Waals surface area (Å²) < 4.78 is 3.38. The van der Waals surface area contributed by atoms with Gasteiger partial charge in [-0.05, 0) is 41.5 Å². The molecule has 3 nitrogen and oxygen atoms in total. The van der Waals surface area contributed by atoms with E-state index >= 15 is 0 Å². The lowest BCUT2D eigenvalue weighted by Crippen LogP contribution is -2.09. The minimum absolute atomic E-state index is 0.551. The lowest BCUT2D eigenvalue weighted by atomic mass is 10.3. The van der Waals surface area contributed by atoms with Crippen molar-refractivity contribution in [2.24, 2.45) is 5.73 Å². The normalized spacial score (nSPS) is 18.3. The standard InChI is InChI=1S/C9H14IN3/c10-9-5-7(6-11)12-13(9)8-3-1-2-4-8/h5,8H,1-4,6,11H2. The highest BCUT2D eigenvalue weighted by molar-refractivity contribution is 14.1. The van der Waals surface area contributed by atoms with Gasteiger partial charge in [0.05, 0.1) is 15.4 Å². The van der Waals surface area contributed by atoms with Crippen LogP contribution in [0.15, 0.2) is 6.07 Å². The molecule has 2 rings (SSSR count). The van der Waals surface area contributed by atoms with Crippen molar-refractivity contribution in [3.05, 3.63) is 15.5 Å². The zero-order chi connectivity index (χ0) is 9.26. The maximum Gasteiger partial charge on any atom is 0.0996 e. The number of rotatable bonds is 2. The van der Waals surface area contributed by atoms with Crippen molar-refractivity contribution in [2.45, 2.75) is 38.3 Å². The predicted octanol–water partition coefficient (Wildman–Crippen LogP) is 2.06. The molecule has 1 fully saturated rings. The highest BCUT2D eigenvalue weighted by Gasteiger charge is 2.19. The zero-order valence-electron chi connectivity index (χ0n) is 7.54. The Kier molecular flexibility index (Phi) is 2.88. The fourth-order valence-corrected chi connectivity index (χ4v) is 2.78. The van der Waals surface area contributed by atoms with Gasteiger partial charge in [-0.3, -0.25) is 4.68 Å². The first-order valence-corrected chi connectivity index (χ1v) is 5.83. The van der Waals surface area contributed by atoms with Crippen molar-refractivity contribution in [1.82, 2.24) is 9.78 Å². The molecule has 2 N–H and O–H groups in total. The van der Waals surface area contributed by atoms with E-state index in [9.17, 15) is 0 Å². The third-order valence-corrected chi connectivity index (χ3v) is 3.43. The SMILES string of the molecule is NCc1cc(I)n(C2CCCC2)n1. The van der Waals surface area contributed by atoms with Crippen LogP contribution >= 0.6 is 22.6 Å². The van der Waals surface area contributed by atoms with Gasteiger partial charge in [0.2, 0.25) is 0 Å². The highest BCUT2D eigenvalue weighted by Crippen LogP contribution is 2.30. The van der Waals surface area contributed by atoms with Crippen LogP contribution in [-0.4, -0.2) is 9.78 Å². The first-order valence-electron chi connectivity index (χ1n) is 4.75. The highest BCUT2D eigenvalue weighted by atomic mass is 127. The van der Waals surface area contributed by atoms with Crippen LogP contribution in [0.5, 0.6) is 0 Å². The summed E-state index contributed by atoms with van der Waals surface area (Å²) >= 11 is 2.34. The third-order valence-electron chi connectivity index (χ3n) is 2.62. The van der Waals surface area contributed by atoms with Gasteiger partial charge in [-0.2, -0.15) is 5.10 Å². The third kappa shape index (κ3) is 1.88. The van der Waals surface area contributed by atoms with Gasteiger partial charge in [0.15, 0.2) is 0 Å². The monoisotopic (exact) mass is 291 g/mol. The molecule has 0 amide bonds. The Morgan fingerprint density at radius 2 is 2.23 bits per heavy atom. The van der Waals surface area contributed by atoms with Crippen molar-refractivity contribution < 1.29 is 0 Å². The Morgan fingerprint density at radius 3 is 2.77 bits per heavy atom. The molecule has 1 saturated carbocycles.